The number of carbonyl (C=O) groups excluding carboxylic acids is 2. The zero-order valence-electron chi connectivity index (χ0n) is 15.5. The number of ether oxygens (including phenoxy) is 1. The van der Waals surface area contributed by atoms with Gasteiger partial charge in [-0.25, -0.2) is 8.78 Å². The van der Waals surface area contributed by atoms with Gasteiger partial charge in [-0.1, -0.05) is 18.2 Å². The van der Waals surface area contributed by atoms with Gasteiger partial charge >= 0.3 is 0 Å². The van der Waals surface area contributed by atoms with Crippen molar-refractivity contribution in [2.45, 2.75) is 25.0 Å². The molecule has 2 heterocycles. The van der Waals surface area contributed by atoms with E-state index in [1.807, 2.05) is 0 Å². The van der Waals surface area contributed by atoms with Crippen LogP contribution in [0, 0.1) is 11.6 Å². The molecule has 0 aromatic heterocycles. The van der Waals surface area contributed by atoms with Crippen LogP contribution in [0.25, 0.3) is 5.76 Å². The van der Waals surface area contributed by atoms with Gasteiger partial charge < -0.3 is 14.7 Å². The fourth-order valence-electron chi connectivity index (χ4n) is 3.86. The van der Waals surface area contributed by atoms with E-state index in [0.717, 1.165) is 25.0 Å². The van der Waals surface area contributed by atoms with Crippen LogP contribution >= 0.6 is 0 Å². The number of ketones is 1. The number of aliphatic hydroxyl groups is 1. The number of hydrogen-bond donors (Lipinski definition) is 1. The predicted octanol–water partition coefficient (Wildman–Crippen LogP) is 3.57. The molecule has 2 aromatic rings. The topological polar surface area (TPSA) is 66.8 Å². The van der Waals surface area contributed by atoms with Crippen LogP contribution in [0.3, 0.4) is 0 Å². The fraction of sp³-hybridized carbons (Fsp3) is 0.273. The first-order chi connectivity index (χ1) is 14.0. The Labute approximate surface area is 166 Å². The Balaban J connectivity index is 1.84. The standard InChI is InChI=1S/C22H19F2NO4/c23-14-9-7-13(8-10-14)20(26)18-19(16-5-1-2-6-17(16)24)25(22(28)21(18)27)12-15-4-3-11-29-15/h1-2,5-10,15,19,26H,3-4,11-12H2. The number of Topliss-reactive ketones (excluding diaryl/α,β-unsaturated/α-hetero) is 1. The fourth-order valence-corrected chi connectivity index (χ4v) is 3.86. The second-order valence-corrected chi connectivity index (χ2v) is 7.11. The summed E-state index contributed by atoms with van der Waals surface area (Å²) in [6, 6.07) is 9.60. The van der Waals surface area contributed by atoms with Gasteiger partial charge in [-0.2, -0.15) is 0 Å². The number of nitrogens with zero attached hydrogens (tertiary/aromatic N) is 1. The number of halogens is 2. The molecule has 0 saturated carbocycles. The van der Waals surface area contributed by atoms with Crippen LogP contribution in [0.2, 0.25) is 0 Å². The van der Waals surface area contributed by atoms with E-state index in [0.29, 0.717) is 6.61 Å². The number of rotatable bonds is 4. The smallest absolute Gasteiger partial charge is 0.295 e. The zero-order valence-corrected chi connectivity index (χ0v) is 15.5. The van der Waals surface area contributed by atoms with Crippen molar-refractivity contribution >= 4 is 17.4 Å². The van der Waals surface area contributed by atoms with E-state index in [2.05, 4.69) is 0 Å². The lowest BCUT2D eigenvalue weighted by Crippen LogP contribution is -2.36. The molecule has 29 heavy (non-hydrogen) atoms. The SMILES string of the molecule is O=C1C(=O)N(CC2CCCO2)C(c2ccccc2F)C1=C(O)c1ccc(F)cc1. The molecule has 2 aliphatic rings. The molecule has 4 rings (SSSR count). The summed E-state index contributed by atoms with van der Waals surface area (Å²) in [5.41, 5.74) is 0.0564. The highest BCUT2D eigenvalue weighted by Crippen LogP contribution is 2.40. The number of carbonyl (C=O) groups is 2. The zero-order chi connectivity index (χ0) is 20.5. The van der Waals surface area contributed by atoms with Gasteiger partial charge in [0, 0.05) is 24.3 Å². The summed E-state index contributed by atoms with van der Waals surface area (Å²) in [7, 11) is 0. The maximum Gasteiger partial charge on any atom is 0.295 e. The Hall–Kier alpha value is -3.06. The third-order valence-electron chi connectivity index (χ3n) is 5.28. The Morgan fingerprint density at radius 2 is 1.83 bits per heavy atom. The molecule has 1 amide bonds. The first kappa shape index (κ1) is 19.3. The Bertz CT molecular complexity index is 981. The van der Waals surface area contributed by atoms with E-state index >= 15 is 0 Å². The summed E-state index contributed by atoms with van der Waals surface area (Å²) < 4.78 is 33.5. The monoisotopic (exact) mass is 399 g/mol. The first-order valence-corrected chi connectivity index (χ1v) is 9.37. The average molecular weight is 399 g/mol. The highest BCUT2D eigenvalue weighted by Gasteiger charge is 2.47. The number of hydrogen-bond acceptors (Lipinski definition) is 4. The highest BCUT2D eigenvalue weighted by atomic mass is 19.1. The van der Waals surface area contributed by atoms with Crippen LogP contribution < -0.4 is 0 Å². The summed E-state index contributed by atoms with van der Waals surface area (Å²) >= 11 is 0. The van der Waals surface area contributed by atoms with Crippen molar-refractivity contribution in [3.8, 4) is 0 Å². The van der Waals surface area contributed by atoms with Crippen LogP contribution in [-0.2, 0) is 14.3 Å². The van der Waals surface area contributed by atoms with Crippen LogP contribution in [0.4, 0.5) is 8.78 Å². The molecule has 7 heteroatoms. The summed E-state index contributed by atoms with van der Waals surface area (Å²) in [6.07, 6.45) is 1.31. The first-order valence-electron chi connectivity index (χ1n) is 9.37. The van der Waals surface area contributed by atoms with Crippen LogP contribution in [-0.4, -0.2) is 41.0 Å². The maximum absolute atomic E-state index is 14.6. The van der Waals surface area contributed by atoms with E-state index in [-0.39, 0.29) is 29.3 Å². The molecule has 0 spiro atoms. The lowest BCUT2D eigenvalue weighted by Gasteiger charge is -2.27. The van der Waals surface area contributed by atoms with Crippen LogP contribution in [0.5, 0.6) is 0 Å². The number of likely N-dealkylation sites (tertiary alicyclic amines) is 1. The number of amides is 1. The summed E-state index contributed by atoms with van der Waals surface area (Å²) in [6.45, 7) is 0.679. The molecule has 2 unspecified atom stereocenters. The predicted molar refractivity (Wildman–Crippen MR) is 101 cm³/mol. The quantitative estimate of drug-likeness (QED) is 0.485. The molecule has 0 bridgehead atoms. The van der Waals surface area contributed by atoms with E-state index in [1.165, 1.54) is 35.2 Å². The highest BCUT2D eigenvalue weighted by molar-refractivity contribution is 6.46. The van der Waals surface area contributed by atoms with E-state index in [9.17, 15) is 23.5 Å². The normalized spacial score (nSPS) is 23.7. The van der Waals surface area contributed by atoms with Crippen LogP contribution in [0.1, 0.15) is 30.0 Å². The minimum atomic E-state index is -1.09. The van der Waals surface area contributed by atoms with Crippen molar-refractivity contribution < 1.29 is 28.2 Å². The van der Waals surface area contributed by atoms with Gasteiger partial charge in [0.2, 0.25) is 0 Å². The third kappa shape index (κ3) is 3.53. The van der Waals surface area contributed by atoms with Gasteiger partial charge in [-0.3, -0.25) is 9.59 Å². The van der Waals surface area contributed by atoms with Crippen molar-refractivity contribution in [3.05, 3.63) is 76.9 Å². The second kappa shape index (κ2) is 7.75. The molecule has 2 aliphatic heterocycles. The molecule has 2 aromatic carbocycles. The Morgan fingerprint density at radius 1 is 1.10 bits per heavy atom. The molecule has 1 N–H and O–H groups in total. The summed E-state index contributed by atoms with van der Waals surface area (Å²) in [4.78, 5) is 26.9. The molecular formula is C22H19F2NO4. The minimum Gasteiger partial charge on any atom is -0.507 e. The van der Waals surface area contributed by atoms with Crippen molar-refractivity contribution in [2.75, 3.05) is 13.2 Å². The van der Waals surface area contributed by atoms with Crippen molar-refractivity contribution in [2.24, 2.45) is 0 Å². The van der Waals surface area contributed by atoms with E-state index in [1.54, 1.807) is 6.07 Å². The van der Waals surface area contributed by atoms with Gasteiger partial charge in [0.15, 0.2) is 0 Å². The largest absolute Gasteiger partial charge is 0.507 e. The van der Waals surface area contributed by atoms with Crippen molar-refractivity contribution in [3.63, 3.8) is 0 Å². The van der Waals surface area contributed by atoms with Crippen molar-refractivity contribution in [1.82, 2.24) is 4.90 Å². The third-order valence-corrected chi connectivity index (χ3v) is 5.28. The molecule has 2 fully saturated rings. The molecule has 0 radical (unpaired) electrons. The Kier molecular flexibility index (Phi) is 5.15. The van der Waals surface area contributed by atoms with Crippen LogP contribution in [0.15, 0.2) is 54.1 Å². The lowest BCUT2D eigenvalue weighted by molar-refractivity contribution is -0.140. The van der Waals surface area contributed by atoms with E-state index < -0.39 is 35.1 Å². The Morgan fingerprint density at radius 3 is 2.48 bits per heavy atom. The number of benzene rings is 2. The van der Waals surface area contributed by atoms with Gasteiger partial charge in [-0.05, 0) is 43.2 Å². The van der Waals surface area contributed by atoms with Gasteiger partial charge in [0.05, 0.1) is 17.7 Å². The van der Waals surface area contributed by atoms with Gasteiger partial charge in [0.25, 0.3) is 11.7 Å². The molecule has 2 saturated heterocycles. The number of aliphatic hydroxyl groups excluding tert-OH is 1. The van der Waals surface area contributed by atoms with E-state index in [4.69, 9.17) is 4.74 Å². The molecular weight excluding hydrogens is 380 g/mol. The lowest BCUT2D eigenvalue weighted by atomic mass is 9.95. The second-order valence-electron chi connectivity index (χ2n) is 7.11. The van der Waals surface area contributed by atoms with Gasteiger partial charge in [0.1, 0.15) is 17.4 Å². The minimum absolute atomic E-state index is 0.105. The summed E-state index contributed by atoms with van der Waals surface area (Å²) in [5, 5.41) is 10.8. The average Bonchev–Trinajstić information content (AvgIpc) is 3.31. The molecule has 0 aliphatic carbocycles. The maximum atomic E-state index is 14.6. The van der Waals surface area contributed by atoms with Crippen molar-refractivity contribution in [1.29, 1.82) is 0 Å². The molecule has 2 atom stereocenters. The summed E-state index contributed by atoms with van der Waals surface area (Å²) in [5.74, 6) is -3.30. The van der Waals surface area contributed by atoms with Gasteiger partial charge in [-0.15, -0.1) is 0 Å². The molecule has 150 valence electrons. The molecule has 5 nitrogen and oxygen atoms in total.